The van der Waals surface area contributed by atoms with Gasteiger partial charge in [-0.25, -0.2) is 0 Å². The van der Waals surface area contributed by atoms with Crippen molar-refractivity contribution in [3.8, 4) is 22.9 Å². The Morgan fingerprint density at radius 2 is 1.84 bits per heavy atom. The first-order chi connectivity index (χ1) is 15.0. The molecule has 0 fully saturated rings. The minimum atomic E-state index is -0.660. The number of aromatic nitrogens is 2. The topological polar surface area (TPSA) is 77.7 Å². The van der Waals surface area contributed by atoms with Crippen LogP contribution in [0, 0.1) is 0 Å². The molecule has 0 saturated carbocycles. The summed E-state index contributed by atoms with van der Waals surface area (Å²) in [7, 11) is 3.28. The zero-order chi connectivity index (χ0) is 21.8. The lowest BCUT2D eigenvalue weighted by Gasteiger charge is -2.21. The van der Waals surface area contributed by atoms with Gasteiger partial charge in [0.15, 0.2) is 6.10 Å². The number of methoxy groups -OCH3 is 1. The van der Waals surface area contributed by atoms with Gasteiger partial charge < -0.3 is 18.9 Å². The third-order valence-electron chi connectivity index (χ3n) is 4.93. The van der Waals surface area contributed by atoms with Crippen LogP contribution in [0.3, 0.4) is 0 Å². The van der Waals surface area contributed by atoms with Gasteiger partial charge >= 0.3 is 0 Å². The van der Waals surface area contributed by atoms with Crippen LogP contribution < -0.4 is 9.47 Å². The van der Waals surface area contributed by atoms with Crippen molar-refractivity contribution >= 4 is 16.7 Å². The second-order valence-electron chi connectivity index (χ2n) is 7.21. The number of ether oxygens (including phenoxy) is 2. The number of benzene rings is 3. The molecule has 4 aromatic rings. The molecule has 0 saturated heterocycles. The molecule has 0 unspecified atom stereocenters. The van der Waals surface area contributed by atoms with Crippen molar-refractivity contribution in [2.45, 2.75) is 19.6 Å². The van der Waals surface area contributed by atoms with Crippen LogP contribution in [0.15, 0.2) is 71.3 Å². The maximum atomic E-state index is 12.8. The summed E-state index contributed by atoms with van der Waals surface area (Å²) in [6.45, 7) is 1.91. The van der Waals surface area contributed by atoms with Gasteiger partial charge in [-0.05, 0) is 42.0 Å². The van der Waals surface area contributed by atoms with E-state index < -0.39 is 6.10 Å². The summed E-state index contributed by atoms with van der Waals surface area (Å²) in [5.74, 6) is 1.94. The zero-order valence-electron chi connectivity index (χ0n) is 17.6. The van der Waals surface area contributed by atoms with Gasteiger partial charge in [0.2, 0.25) is 11.7 Å². The monoisotopic (exact) mass is 417 g/mol. The Hall–Kier alpha value is -3.87. The second-order valence-corrected chi connectivity index (χ2v) is 7.21. The van der Waals surface area contributed by atoms with Crippen LogP contribution in [0.2, 0.25) is 0 Å². The quantitative estimate of drug-likeness (QED) is 0.446. The summed E-state index contributed by atoms with van der Waals surface area (Å²) in [5, 5.41) is 6.18. The number of nitrogens with zero attached hydrogens (tertiary/aromatic N) is 3. The Bertz CT molecular complexity index is 1200. The zero-order valence-corrected chi connectivity index (χ0v) is 17.6. The van der Waals surface area contributed by atoms with Gasteiger partial charge in [-0.1, -0.05) is 47.6 Å². The molecule has 1 heterocycles. The van der Waals surface area contributed by atoms with Gasteiger partial charge in [0, 0.05) is 12.6 Å². The van der Waals surface area contributed by atoms with Crippen LogP contribution in [0.1, 0.15) is 12.8 Å². The first-order valence-electron chi connectivity index (χ1n) is 9.91. The second kappa shape index (κ2) is 8.87. The number of rotatable bonds is 7. The summed E-state index contributed by atoms with van der Waals surface area (Å²) >= 11 is 0. The molecular formula is C24H23N3O4. The van der Waals surface area contributed by atoms with E-state index in [2.05, 4.69) is 10.1 Å². The fourth-order valence-corrected chi connectivity index (χ4v) is 3.28. The van der Waals surface area contributed by atoms with E-state index in [1.807, 2.05) is 66.7 Å². The molecule has 158 valence electrons. The van der Waals surface area contributed by atoms with Gasteiger partial charge in [-0.2, -0.15) is 4.98 Å². The van der Waals surface area contributed by atoms with E-state index in [0.29, 0.717) is 23.2 Å². The highest BCUT2D eigenvalue weighted by atomic mass is 16.5. The van der Waals surface area contributed by atoms with Crippen LogP contribution in [-0.2, 0) is 11.3 Å². The molecule has 0 aliphatic carbocycles. The lowest BCUT2D eigenvalue weighted by molar-refractivity contribution is -0.137. The van der Waals surface area contributed by atoms with Gasteiger partial charge in [-0.3, -0.25) is 4.79 Å². The lowest BCUT2D eigenvalue weighted by atomic mass is 10.1. The maximum absolute atomic E-state index is 12.8. The first-order valence-corrected chi connectivity index (χ1v) is 9.91. The molecule has 1 amide bonds. The molecule has 31 heavy (non-hydrogen) atoms. The molecule has 3 aromatic carbocycles. The van der Waals surface area contributed by atoms with Gasteiger partial charge in [0.05, 0.1) is 13.7 Å². The van der Waals surface area contributed by atoms with Crippen LogP contribution in [0.5, 0.6) is 11.5 Å². The highest BCUT2D eigenvalue weighted by Crippen LogP contribution is 2.23. The Morgan fingerprint density at radius 3 is 2.65 bits per heavy atom. The summed E-state index contributed by atoms with van der Waals surface area (Å²) < 4.78 is 16.4. The number of likely N-dealkylation sites (N-methyl/N-ethyl adjacent to an activating group) is 1. The number of hydrogen-bond acceptors (Lipinski definition) is 6. The maximum Gasteiger partial charge on any atom is 0.263 e. The molecule has 0 N–H and O–H groups in total. The first kappa shape index (κ1) is 20.4. The highest BCUT2D eigenvalue weighted by molar-refractivity contribution is 5.84. The Balaban J connectivity index is 1.40. The Labute approximate surface area is 180 Å². The van der Waals surface area contributed by atoms with E-state index in [1.165, 1.54) is 4.90 Å². The normalized spacial score (nSPS) is 11.8. The van der Waals surface area contributed by atoms with Crippen LogP contribution in [-0.4, -0.2) is 41.2 Å². The van der Waals surface area contributed by atoms with E-state index in [0.717, 1.165) is 16.3 Å². The smallest absolute Gasteiger partial charge is 0.263 e. The minimum Gasteiger partial charge on any atom is -0.497 e. The molecule has 7 heteroatoms. The fourth-order valence-electron chi connectivity index (χ4n) is 3.28. The molecule has 0 aliphatic rings. The van der Waals surface area contributed by atoms with Crippen molar-refractivity contribution in [3.05, 3.63) is 72.6 Å². The number of carbonyl (C=O) groups is 1. The third-order valence-corrected chi connectivity index (χ3v) is 4.93. The largest absolute Gasteiger partial charge is 0.497 e. The number of hydrogen-bond donors (Lipinski definition) is 0. The lowest BCUT2D eigenvalue weighted by Crippen LogP contribution is -2.37. The predicted octanol–water partition coefficient (Wildman–Crippen LogP) is 4.32. The molecule has 1 aromatic heterocycles. The molecule has 7 nitrogen and oxygen atoms in total. The van der Waals surface area contributed by atoms with E-state index in [-0.39, 0.29) is 12.5 Å². The van der Waals surface area contributed by atoms with Crippen molar-refractivity contribution in [2.75, 3.05) is 14.2 Å². The van der Waals surface area contributed by atoms with Crippen LogP contribution in [0.25, 0.3) is 22.2 Å². The minimum absolute atomic E-state index is 0.182. The summed E-state index contributed by atoms with van der Waals surface area (Å²) in [6, 6.07) is 21.2. The summed E-state index contributed by atoms with van der Waals surface area (Å²) in [6.07, 6.45) is -0.660. The number of carbonyl (C=O) groups excluding carboxylic acids is 1. The molecule has 4 rings (SSSR count). The van der Waals surface area contributed by atoms with Crippen molar-refractivity contribution < 1.29 is 18.8 Å². The SMILES string of the molecule is COc1cccc(-c2noc(CN(C)C(=O)[C@H](C)Oc3ccc4ccccc4c3)n2)c1. The molecular weight excluding hydrogens is 394 g/mol. The standard InChI is InChI=1S/C24H23N3O4/c1-16(30-21-12-11-17-7-4-5-8-18(17)13-21)24(28)27(2)15-22-25-23(26-31-22)19-9-6-10-20(14-19)29-3/h4-14,16H,15H2,1-3H3/t16-/m0/s1. The summed E-state index contributed by atoms with van der Waals surface area (Å²) in [4.78, 5) is 18.7. The van der Waals surface area contributed by atoms with Crippen molar-refractivity contribution in [1.82, 2.24) is 15.0 Å². The average molecular weight is 417 g/mol. The summed E-state index contributed by atoms with van der Waals surface area (Å²) in [5.41, 5.74) is 0.774. The highest BCUT2D eigenvalue weighted by Gasteiger charge is 2.21. The van der Waals surface area contributed by atoms with E-state index in [1.54, 1.807) is 21.1 Å². The third kappa shape index (κ3) is 4.66. The Kier molecular flexibility index (Phi) is 5.84. The van der Waals surface area contributed by atoms with Crippen molar-refractivity contribution in [3.63, 3.8) is 0 Å². The van der Waals surface area contributed by atoms with Crippen LogP contribution in [0.4, 0.5) is 0 Å². The Morgan fingerprint density at radius 1 is 1.03 bits per heavy atom. The van der Waals surface area contributed by atoms with Gasteiger partial charge in [0.25, 0.3) is 5.91 Å². The van der Waals surface area contributed by atoms with Gasteiger partial charge in [-0.15, -0.1) is 0 Å². The van der Waals surface area contributed by atoms with E-state index in [9.17, 15) is 4.79 Å². The molecule has 0 bridgehead atoms. The fraction of sp³-hybridized carbons (Fsp3) is 0.208. The van der Waals surface area contributed by atoms with Crippen molar-refractivity contribution in [1.29, 1.82) is 0 Å². The van der Waals surface area contributed by atoms with Crippen LogP contribution >= 0.6 is 0 Å². The number of fused-ring (bicyclic) bond motifs is 1. The predicted molar refractivity (Wildman–Crippen MR) is 117 cm³/mol. The molecule has 1 atom stereocenters. The molecule has 0 spiro atoms. The average Bonchev–Trinajstić information content (AvgIpc) is 3.27. The molecule has 0 radical (unpaired) electrons. The number of amides is 1. The van der Waals surface area contributed by atoms with E-state index >= 15 is 0 Å². The van der Waals surface area contributed by atoms with E-state index in [4.69, 9.17) is 14.0 Å². The van der Waals surface area contributed by atoms with Gasteiger partial charge in [0.1, 0.15) is 11.5 Å². The molecule has 0 aliphatic heterocycles. The van der Waals surface area contributed by atoms with Crippen molar-refractivity contribution in [2.24, 2.45) is 0 Å².